The summed E-state index contributed by atoms with van der Waals surface area (Å²) in [6, 6.07) is 61.2. The van der Waals surface area contributed by atoms with Crippen molar-refractivity contribution < 1.29 is 0 Å². The quantitative estimate of drug-likeness (QED) is 0.202. The second-order valence-electron chi connectivity index (χ2n) is 12.9. The number of rotatable bonds is 5. The number of para-hydroxylation sites is 3. The molecule has 232 valence electrons. The fourth-order valence-corrected chi connectivity index (χ4v) is 7.70. The van der Waals surface area contributed by atoms with E-state index in [2.05, 4.69) is 191 Å². The van der Waals surface area contributed by atoms with Gasteiger partial charge in [-0.3, -0.25) is 10.3 Å². The van der Waals surface area contributed by atoms with Crippen LogP contribution < -0.4 is 5.32 Å². The van der Waals surface area contributed by atoms with Crippen LogP contribution in [0, 0.1) is 0 Å². The number of aromatic nitrogens is 2. The van der Waals surface area contributed by atoms with Crippen molar-refractivity contribution in [2.24, 2.45) is 4.99 Å². The molecule has 9 aromatic rings. The Morgan fingerprint density at radius 3 is 1.67 bits per heavy atom. The summed E-state index contributed by atoms with van der Waals surface area (Å²) in [6.07, 6.45) is 1.92. The van der Waals surface area contributed by atoms with Crippen molar-refractivity contribution in [1.29, 1.82) is 0 Å². The van der Waals surface area contributed by atoms with Gasteiger partial charge in [0.15, 0.2) is 0 Å². The van der Waals surface area contributed by atoms with E-state index in [9.17, 15) is 0 Å². The normalized spacial score (nSPS) is 16.0. The lowest BCUT2D eigenvalue weighted by molar-refractivity contribution is 0.574. The molecule has 2 atom stereocenters. The van der Waals surface area contributed by atoms with Crippen LogP contribution in [0.4, 0.5) is 0 Å². The van der Waals surface area contributed by atoms with E-state index < -0.39 is 0 Å². The monoisotopic (exact) mass is 628 g/mol. The highest BCUT2D eigenvalue weighted by Crippen LogP contribution is 2.40. The highest BCUT2D eigenvalue weighted by molar-refractivity contribution is 6.19. The summed E-state index contributed by atoms with van der Waals surface area (Å²) in [4.78, 5) is 4.95. The van der Waals surface area contributed by atoms with Gasteiger partial charge in [-0.15, -0.1) is 0 Å². The first-order valence-electron chi connectivity index (χ1n) is 16.9. The van der Waals surface area contributed by atoms with Gasteiger partial charge in [-0.2, -0.15) is 0 Å². The van der Waals surface area contributed by atoms with Crippen molar-refractivity contribution in [1.82, 2.24) is 14.5 Å². The maximum atomic E-state index is 4.95. The molecule has 0 radical (unpaired) electrons. The standard InChI is InChI=1S/C45H32N4/c1-3-12-30(13-4-1)31-22-24-32(25-23-31)40-29-46-45(47-40)33-14-11-17-35(26-33)49-42-21-10-8-19-37(42)39-27-38-36-18-7-9-20-41(36)48(43(38)28-44(39)49)34-15-5-2-6-16-34/h1-29,40,45,47H. The number of aliphatic imine (C=N–C) groups is 1. The molecule has 0 amide bonds. The minimum absolute atomic E-state index is 0.0555. The van der Waals surface area contributed by atoms with Gasteiger partial charge in [0.2, 0.25) is 0 Å². The predicted molar refractivity (Wildman–Crippen MR) is 204 cm³/mol. The molecule has 4 heteroatoms. The summed E-state index contributed by atoms with van der Waals surface area (Å²) in [5.41, 5.74) is 11.9. The number of benzene rings is 7. The van der Waals surface area contributed by atoms with Crippen molar-refractivity contribution in [2.75, 3.05) is 0 Å². The lowest BCUT2D eigenvalue weighted by atomic mass is 10.0. The Bertz CT molecular complexity index is 2680. The molecular weight excluding hydrogens is 597 g/mol. The van der Waals surface area contributed by atoms with E-state index in [0.717, 1.165) is 16.9 Å². The highest BCUT2D eigenvalue weighted by Gasteiger charge is 2.23. The minimum Gasteiger partial charge on any atom is -0.309 e. The maximum absolute atomic E-state index is 4.95. The van der Waals surface area contributed by atoms with Crippen LogP contribution in [0.25, 0.3) is 66.1 Å². The Hall–Kier alpha value is -6.23. The van der Waals surface area contributed by atoms with Gasteiger partial charge in [0.05, 0.1) is 28.1 Å². The molecular formula is C45H32N4. The van der Waals surface area contributed by atoms with Crippen LogP contribution in [0.3, 0.4) is 0 Å². The van der Waals surface area contributed by atoms with E-state index in [-0.39, 0.29) is 12.2 Å². The molecule has 1 aliphatic heterocycles. The van der Waals surface area contributed by atoms with Crippen LogP contribution in [-0.4, -0.2) is 15.3 Å². The van der Waals surface area contributed by atoms with Gasteiger partial charge in [-0.25, -0.2) is 0 Å². The SMILES string of the molecule is C1=NC(c2cccc(-n3c4ccccc4c4cc5c6ccccc6n(-c6ccccc6)c5cc43)c2)NC1c1ccc(-c2ccccc2)cc1. The van der Waals surface area contributed by atoms with Crippen LogP contribution in [0.2, 0.25) is 0 Å². The molecule has 0 bridgehead atoms. The van der Waals surface area contributed by atoms with Crippen molar-refractivity contribution in [3.63, 3.8) is 0 Å². The van der Waals surface area contributed by atoms with Crippen molar-refractivity contribution in [3.8, 4) is 22.5 Å². The molecule has 2 aromatic heterocycles. The fraction of sp³-hybridized carbons (Fsp3) is 0.0444. The Balaban J connectivity index is 1.07. The summed E-state index contributed by atoms with van der Waals surface area (Å²) in [7, 11) is 0. The van der Waals surface area contributed by atoms with Crippen LogP contribution in [0.1, 0.15) is 23.3 Å². The first-order valence-corrected chi connectivity index (χ1v) is 16.9. The largest absolute Gasteiger partial charge is 0.309 e. The molecule has 10 rings (SSSR count). The van der Waals surface area contributed by atoms with Crippen molar-refractivity contribution in [2.45, 2.75) is 12.2 Å². The van der Waals surface area contributed by atoms with Gasteiger partial charge in [0, 0.05) is 39.1 Å². The molecule has 0 fully saturated rings. The molecule has 0 saturated carbocycles. The van der Waals surface area contributed by atoms with Gasteiger partial charge in [-0.05, 0) is 70.8 Å². The topological polar surface area (TPSA) is 34.2 Å². The van der Waals surface area contributed by atoms with E-state index in [1.165, 1.54) is 60.3 Å². The minimum atomic E-state index is -0.126. The molecule has 0 spiro atoms. The molecule has 2 unspecified atom stereocenters. The van der Waals surface area contributed by atoms with Crippen LogP contribution in [0.5, 0.6) is 0 Å². The Labute approximate surface area is 284 Å². The van der Waals surface area contributed by atoms with Gasteiger partial charge in [0.25, 0.3) is 0 Å². The molecule has 4 nitrogen and oxygen atoms in total. The van der Waals surface area contributed by atoms with Crippen LogP contribution in [0.15, 0.2) is 175 Å². The van der Waals surface area contributed by atoms with E-state index >= 15 is 0 Å². The zero-order chi connectivity index (χ0) is 32.3. The first kappa shape index (κ1) is 27.8. The third kappa shape index (κ3) is 4.53. The third-order valence-corrected chi connectivity index (χ3v) is 10.0. The maximum Gasteiger partial charge on any atom is 0.126 e. The zero-order valence-corrected chi connectivity index (χ0v) is 26.7. The lowest BCUT2D eigenvalue weighted by Crippen LogP contribution is -2.20. The lowest BCUT2D eigenvalue weighted by Gasteiger charge is -2.16. The number of nitrogens with zero attached hydrogens (tertiary/aromatic N) is 3. The molecule has 3 heterocycles. The fourth-order valence-electron chi connectivity index (χ4n) is 7.70. The van der Waals surface area contributed by atoms with E-state index in [4.69, 9.17) is 4.99 Å². The summed E-state index contributed by atoms with van der Waals surface area (Å²) < 4.78 is 4.81. The number of nitrogens with one attached hydrogen (secondary N) is 1. The van der Waals surface area contributed by atoms with E-state index in [0.29, 0.717) is 0 Å². The average molecular weight is 629 g/mol. The van der Waals surface area contributed by atoms with Gasteiger partial charge in [0.1, 0.15) is 6.17 Å². The number of fused-ring (bicyclic) bond motifs is 6. The Morgan fingerprint density at radius 1 is 0.408 bits per heavy atom. The Kier molecular flexibility index (Phi) is 6.36. The summed E-state index contributed by atoms with van der Waals surface area (Å²) >= 11 is 0. The summed E-state index contributed by atoms with van der Waals surface area (Å²) in [5.74, 6) is 0. The molecule has 0 aliphatic carbocycles. The van der Waals surface area contributed by atoms with Gasteiger partial charge >= 0.3 is 0 Å². The van der Waals surface area contributed by atoms with Gasteiger partial charge in [-0.1, -0.05) is 121 Å². The zero-order valence-electron chi connectivity index (χ0n) is 26.7. The van der Waals surface area contributed by atoms with Crippen molar-refractivity contribution in [3.05, 3.63) is 181 Å². The third-order valence-electron chi connectivity index (χ3n) is 10.0. The second kappa shape index (κ2) is 11.2. The average Bonchev–Trinajstić information content (AvgIpc) is 3.88. The molecule has 7 aromatic carbocycles. The molecule has 0 saturated heterocycles. The summed E-state index contributed by atoms with van der Waals surface area (Å²) in [5, 5.41) is 8.78. The molecule has 1 aliphatic rings. The van der Waals surface area contributed by atoms with Crippen LogP contribution in [-0.2, 0) is 0 Å². The number of hydrogen-bond donors (Lipinski definition) is 1. The summed E-state index contributed by atoms with van der Waals surface area (Å²) in [6.45, 7) is 0. The van der Waals surface area contributed by atoms with Crippen LogP contribution >= 0.6 is 0 Å². The smallest absolute Gasteiger partial charge is 0.126 e. The van der Waals surface area contributed by atoms with Crippen molar-refractivity contribution >= 4 is 49.8 Å². The van der Waals surface area contributed by atoms with Gasteiger partial charge < -0.3 is 9.13 Å². The predicted octanol–water partition coefficient (Wildman–Crippen LogP) is 11.0. The Morgan fingerprint density at radius 2 is 0.980 bits per heavy atom. The van der Waals surface area contributed by atoms with E-state index in [1.54, 1.807) is 0 Å². The molecule has 1 N–H and O–H groups in total. The highest BCUT2D eigenvalue weighted by atomic mass is 15.1. The first-order chi connectivity index (χ1) is 24.3. The van der Waals surface area contributed by atoms with E-state index in [1.807, 2.05) is 0 Å². The number of hydrogen-bond acceptors (Lipinski definition) is 2. The molecule has 49 heavy (non-hydrogen) atoms. The second-order valence-corrected chi connectivity index (χ2v) is 12.9.